The summed E-state index contributed by atoms with van der Waals surface area (Å²) in [6, 6.07) is -4.76. The number of carboxylic acids is 3. The molecule has 17 heteroatoms. The summed E-state index contributed by atoms with van der Waals surface area (Å²) in [6.45, 7) is 1.35. The van der Waals surface area contributed by atoms with Crippen molar-refractivity contribution < 1.29 is 48.9 Å². The van der Waals surface area contributed by atoms with Crippen molar-refractivity contribution in [2.24, 2.45) is 22.4 Å². The number of nitrogens with zero attached hydrogens (tertiary/aromatic N) is 1. The van der Waals surface area contributed by atoms with Crippen LogP contribution in [0.4, 0.5) is 0 Å². The van der Waals surface area contributed by atoms with E-state index < -0.39 is 84.8 Å². The normalized spacial score (nSPS) is 13.2. The molecule has 0 aromatic rings. The van der Waals surface area contributed by atoms with E-state index in [2.05, 4.69) is 32.2 Å². The highest BCUT2D eigenvalue weighted by Gasteiger charge is 2.32. The number of aliphatic carboxylic acids is 3. The molecule has 0 aromatic heterocycles. The number of rotatable bonds is 19. The molecule has 17 nitrogen and oxygen atoms in total. The number of hydrogen-bond donors (Lipinski definition) is 9. The van der Waals surface area contributed by atoms with E-state index >= 15 is 0 Å². The number of terminal acetylenes is 1. The van der Waals surface area contributed by atoms with Crippen LogP contribution in [-0.4, -0.2) is 94.0 Å². The zero-order valence-electron chi connectivity index (χ0n) is 21.8. The highest BCUT2D eigenvalue weighted by molar-refractivity contribution is 5.97. The molecule has 0 spiro atoms. The van der Waals surface area contributed by atoms with Crippen molar-refractivity contribution in [3.63, 3.8) is 0 Å². The molecule has 0 saturated carbocycles. The van der Waals surface area contributed by atoms with Crippen LogP contribution >= 0.6 is 0 Å². The molecule has 0 bridgehead atoms. The van der Waals surface area contributed by atoms with Gasteiger partial charge in [0.15, 0.2) is 5.96 Å². The molecule has 0 aromatic carbocycles. The number of nitrogens with two attached hydrogens (primary N) is 2. The average molecular weight is 570 g/mol. The Labute approximate surface area is 229 Å². The first-order valence-corrected chi connectivity index (χ1v) is 12.0. The number of carbonyl (C=O) groups excluding carboxylic acids is 4. The van der Waals surface area contributed by atoms with E-state index in [1.807, 2.05) is 0 Å². The van der Waals surface area contributed by atoms with Crippen molar-refractivity contribution >= 4 is 47.5 Å². The Morgan fingerprint density at radius 2 is 1.25 bits per heavy atom. The summed E-state index contributed by atoms with van der Waals surface area (Å²) in [5, 5.41) is 36.3. The maximum atomic E-state index is 13.0. The van der Waals surface area contributed by atoms with Crippen LogP contribution in [0.15, 0.2) is 4.99 Å². The number of hydrogen-bond acceptors (Lipinski definition) is 8. The summed E-state index contributed by atoms with van der Waals surface area (Å²) in [4.78, 5) is 88.0. The van der Waals surface area contributed by atoms with E-state index in [1.165, 1.54) is 6.92 Å². The molecule has 0 rings (SSSR count). The monoisotopic (exact) mass is 569 g/mol. The number of nitrogens with one attached hydrogen (secondary N) is 4. The minimum atomic E-state index is -1.78. The van der Waals surface area contributed by atoms with Crippen LogP contribution in [0.1, 0.15) is 45.4 Å². The van der Waals surface area contributed by atoms with Gasteiger partial charge < -0.3 is 48.1 Å². The lowest BCUT2D eigenvalue weighted by atomic mass is 10.0. The minimum Gasteiger partial charge on any atom is -0.481 e. The Morgan fingerprint density at radius 3 is 1.73 bits per heavy atom. The first-order valence-electron chi connectivity index (χ1n) is 12.0. The standard InChI is InChI=1S/C23H35N7O10/c1-3-4-7-26-20(38)14(10-17(33)34)29-22(40)15(11-18(35)36)30-21(39)13(6-5-8-27-23(24)25)28-19(37)12(2)9-16(31)32/h1,12-15H,4-11H2,2H3,(H,26,38)(H,28,37)(H,29,40)(H,30,39)(H,31,32)(H,33,34)(H,35,36)(H4,24,25,27)/t12-,13-,14-,15-/m0/s1. The van der Waals surface area contributed by atoms with Crippen molar-refractivity contribution in [3.05, 3.63) is 0 Å². The number of carboxylic acid groups (broad SMARTS) is 3. The van der Waals surface area contributed by atoms with Crippen molar-refractivity contribution in [1.82, 2.24) is 21.3 Å². The molecule has 0 unspecified atom stereocenters. The zero-order chi connectivity index (χ0) is 30.8. The second-order valence-corrected chi connectivity index (χ2v) is 8.57. The number of aliphatic imine (C=N–C) groups is 1. The van der Waals surface area contributed by atoms with Crippen LogP contribution in [-0.2, 0) is 33.6 Å². The first-order chi connectivity index (χ1) is 18.7. The van der Waals surface area contributed by atoms with Gasteiger partial charge in [0.1, 0.15) is 18.1 Å². The van der Waals surface area contributed by atoms with E-state index in [9.17, 15) is 38.7 Å². The van der Waals surface area contributed by atoms with Gasteiger partial charge >= 0.3 is 17.9 Å². The van der Waals surface area contributed by atoms with Crippen LogP contribution in [0.3, 0.4) is 0 Å². The molecule has 0 saturated heterocycles. The van der Waals surface area contributed by atoms with Crippen LogP contribution < -0.4 is 32.7 Å². The average Bonchev–Trinajstić information content (AvgIpc) is 2.83. The van der Waals surface area contributed by atoms with Gasteiger partial charge in [0.2, 0.25) is 23.6 Å². The third-order valence-corrected chi connectivity index (χ3v) is 5.10. The third-order valence-electron chi connectivity index (χ3n) is 5.10. The molecule has 0 aliphatic heterocycles. The fraction of sp³-hybridized carbons (Fsp3) is 0.565. The maximum absolute atomic E-state index is 13.0. The Bertz CT molecular complexity index is 1020. The van der Waals surface area contributed by atoms with Gasteiger partial charge in [-0.05, 0) is 12.8 Å². The van der Waals surface area contributed by atoms with Gasteiger partial charge in [-0.2, -0.15) is 0 Å². The van der Waals surface area contributed by atoms with E-state index in [0.717, 1.165) is 0 Å². The second-order valence-electron chi connectivity index (χ2n) is 8.57. The molecule has 222 valence electrons. The molecule has 0 aliphatic rings. The molecule has 0 heterocycles. The summed E-state index contributed by atoms with van der Waals surface area (Å²) < 4.78 is 0. The number of guanidine groups is 1. The molecule has 0 fully saturated rings. The smallest absolute Gasteiger partial charge is 0.305 e. The fourth-order valence-electron chi connectivity index (χ4n) is 3.13. The van der Waals surface area contributed by atoms with Crippen LogP contribution in [0.25, 0.3) is 0 Å². The lowest BCUT2D eigenvalue weighted by molar-refractivity contribution is -0.143. The Hall–Kier alpha value is -4.88. The first kappa shape index (κ1) is 35.1. The number of amides is 4. The van der Waals surface area contributed by atoms with E-state index in [1.54, 1.807) is 0 Å². The molecule has 0 aliphatic carbocycles. The van der Waals surface area contributed by atoms with Crippen molar-refractivity contribution in [2.75, 3.05) is 13.1 Å². The summed E-state index contributed by atoms with van der Waals surface area (Å²) >= 11 is 0. The van der Waals surface area contributed by atoms with E-state index in [0.29, 0.717) is 0 Å². The second kappa shape index (κ2) is 18.4. The van der Waals surface area contributed by atoms with Gasteiger partial charge in [-0.25, -0.2) is 0 Å². The van der Waals surface area contributed by atoms with Gasteiger partial charge in [-0.15, -0.1) is 12.3 Å². The van der Waals surface area contributed by atoms with Gasteiger partial charge in [0.25, 0.3) is 0 Å². The van der Waals surface area contributed by atoms with Crippen molar-refractivity contribution in [2.45, 2.75) is 63.6 Å². The van der Waals surface area contributed by atoms with E-state index in [4.69, 9.17) is 28.1 Å². The molecular formula is C23H35N7O10. The predicted molar refractivity (Wildman–Crippen MR) is 138 cm³/mol. The fourth-order valence-corrected chi connectivity index (χ4v) is 3.13. The molecular weight excluding hydrogens is 534 g/mol. The highest BCUT2D eigenvalue weighted by Crippen LogP contribution is 2.07. The van der Waals surface area contributed by atoms with Gasteiger partial charge in [-0.1, -0.05) is 6.92 Å². The Morgan fingerprint density at radius 1 is 0.775 bits per heavy atom. The minimum absolute atomic E-state index is 0.0157. The lowest BCUT2D eigenvalue weighted by Crippen LogP contribution is -2.57. The topological polar surface area (TPSA) is 293 Å². The molecule has 11 N–H and O–H groups in total. The predicted octanol–water partition coefficient (Wildman–Crippen LogP) is -3.31. The summed E-state index contributed by atoms with van der Waals surface area (Å²) in [7, 11) is 0. The summed E-state index contributed by atoms with van der Waals surface area (Å²) in [5.41, 5.74) is 10.5. The summed E-state index contributed by atoms with van der Waals surface area (Å²) in [5.74, 6) is -7.10. The third kappa shape index (κ3) is 15.4. The van der Waals surface area contributed by atoms with Crippen LogP contribution in [0.5, 0.6) is 0 Å². The summed E-state index contributed by atoms with van der Waals surface area (Å²) in [6.07, 6.45) is 2.94. The van der Waals surface area contributed by atoms with Gasteiger partial charge in [0, 0.05) is 25.4 Å². The van der Waals surface area contributed by atoms with Gasteiger partial charge in [0.05, 0.1) is 19.3 Å². The Kier molecular flexibility index (Phi) is 16.1. The van der Waals surface area contributed by atoms with Gasteiger partial charge in [-0.3, -0.25) is 38.6 Å². The zero-order valence-corrected chi connectivity index (χ0v) is 21.8. The van der Waals surface area contributed by atoms with Crippen LogP contribution in [0, 0.1) is 18.3 Å². The van der Waals surface area contributed by atoms with E-state index in [-0.39, 0.29) is 38.3 Å². The molecule has 4 amide bonds. The molecule has 4 atom stereocenters. The maximum Gasteiger partial charge on any atom is 0.305 e. The largest absolute Gasteiger partial charge is 0.481 e. The highest BCUT2D eigenvalue weighted by atomic mass is 16.4. The van der Waals surface area contributed by atoms with Crippen LogP contribution in [0.2, 0.25) is 0 Å². The van der Waals surface area contributed by atoms with Crippen molar-refractivity contribution in [1.29, 1.82) is 0 Å². The Balaban J connectivity index is 5.79. The molecule has 40 heavy (non-hydrogen) atoms. The van der Waals surface area contributed by atoms with Crippen molar-refractivity contribution in [3.8, 4) is 12.3 Å². The quantitative estimate of drug-likeness (QED) is 0.0320. The molecule has 0 radical (unpaired) electrons. The number of carbonyl (C=O) groups is 7. The lowest BCUT2D eigenvalue weighted by Gasteiger charge is -2.25. The SMILES string of the molecule is C#CCCNC(=O)[C@H](CC(=O)O)NC(=O)[C@H](CC(=O)O)NC(=O)[C@H](CCCN=C(N)N)NC(=O)[C@@H](C)CC(=O)O.